The minimum atomic E-state index is -1.16. The zero-order chi connectivity index (χ0) is 5.15. The molecule has 0 saturated carbocycles. The summed E-state index contributed by atoms with van der Waals surface area (Å²) >= 11 is 0. The van der Waals surface area contributed by atoms with Gasteiger partial charge in [-0.2, -0.15) is 0 Å². The number of aliphatic carboxylic acids is 1. The maximum Gasteiger partial charge on any atom is 0.351 e. The smallest absolute Gasteiger partial charge is 0.351 e. The van der Waals surface area contributed by atoms with Gasteiger partial charge in [-0.05, 0) is 0 Å². The van der Waals surface area contributed by atoms with E-state index in [9.17, 15) is 4.79 Å². The summed E-state index contributed by atoms with van der Waals surface area (Å²) in [6.07, 6.45) is 0. The van der Waals surface area contributed by atoms with Gasteiger partial charge in [0.1, 0.15) is 5.70 Å². The number of nitrogens with two attached hydrogens (primary N) is 1. The van der Waals surface area contributed by atoms with Gasteiger partial charge in [-0.3, -0.25) is 0 Å². The Morgan fingerprint density at radius 3 is 1.86 bits per heavy atom. The quantitative estimate of drug-likeness (QED) is 0.595. The minimum Gasteiger partial charge on any atom is -0.477 e. The van der Waals surface area contributed by atoms with Crippen LogP contribution in [0.25, 0.3) is 0 Å². The Hall–Kier alpha value is 0.205. The van der Waals surface area contributed by atoms with Crippen LogP contribution in [0.3, 0.4) is 0 Å². The first kappa shape index (κ1) is 10.2. The van der Waals surface area contributed by atoms with Crippen LogP contribution in [0.1, 0.15) is 0 Å². The monoisotopic (exact) mass is 226 g/mol. The zero-order valence-electron chi connectivity index (χ0n) is 3.72. The van der Waals surface area contributed by atoms with E-state index in [1.807, 2.05) is 0 Å². The maximum absolute atomic E-state index is 9.47. The number of carboxylic acids is 1. The van der Waals surface area contributed by atoms with Crippen molar-refractivity contribution < 1.29 is 45.5 Å². The molecule has 0 amide bonds. The van der Waals surface area contributed by atoms with Gasteiger partial charge < -0.3 is 10.8 Å². The first-order valence-electron chi connectivity index (χ1n) is 1.32. The Bertz CT molecular complexity index is 78.9. The number of carboxylic acid groups (broad SMARTS) is 1. The summed E-state index contributed by atoms with van der Waals surface area (Å²) in [6.45, 7) is 2.93. The second kappa shape index (κ2) is 4.37. The first-order chi connectivity index (χ1) is 2.64. The number of hydrogen-bond acceptors (Lipinski definition) is 2. The molecule has 0 spiro atoms. The molecule has 0 aromatic heterocycles. The van der Waals surface area contributed by atoms with Gasteiger partial charge in [0, 0.05) is 35.6 Å². The zero-order valence-corrected chi connectivity index (χ0v) is 7.34. The van der Waals surface area contributed by atoms with E-state index in [-0.39, 0.29) is 41.3 Å². The molecule has 3 nitrogen and oxygen atoms in total. The largest absolute Gasteiger partial charge is 0.477 e. The molecule has 0 fully saturated rings. The van der Waals surface area contributed by atoms with Crippen LogP contribution in [0.4, 0.5) is 0 Å². The van der Waals surface area contributed by atoms with Gasteiger partial charge in [-0.25, -0.2) is 4.79 Å². The summed E-state index contributed by atoms with van der Waals surface area (Å²) in [7, 11) is 0. The summed E-state index contributed by atoms with van der Waals surface area (Å²) in [5, 5.41) is 7.77. The van der Waals surface area contributed by atoms with Crippen LogP contribution in [-0.4, -0.2) is 11.1 Å². The molecule has 0 aromatic carbocycles. The van der Waals surface area contributed by atoms with Gasteiger partial charge in [-0.1, -0.05) is 6.58 Å². The number of carbonyl (C=O) groups is 1. The molecule has 0 aliphatic carbocycles. The van der Waals surface area contributed by atoms with Crippen molar-refractivity contribution in [2.24, 2.45) is 5.73 Å². The topological polar surface area (TPSA) is 63.3 Å². The predicted octanol–water partition coefficient (Wildman–Crippen LogP) is -0.457. The minimum absolute atomic E-state index is 0. The number of hydrogen-bond donors (Lipinski definition) is 2. The molecule has 0 aliphatic rings. The molecule has 0 saturated heterocycles. The molecular weight excluding hydrogens is 221 g/mol. The van der Waals surface area contributed by atoms with E-state index in [1.165, 1.54) is 0 Å². The molecular formula is C3H5LaNO2. The van der Waals surface area contributed by atoms with Crippen molar-refractivity contribution in [1.29, 1.82) is 0 Å². The standard InChI is InChI=1S/C3H5NO2.La/c1-2(4)3(5)6;/h1,4H2,(H,5,6);. The Morgan fingerprint density at radius 1 is 1.71 bits per heavy atom. The molecule has 3 N–H and O–H groups in total. The van der Waals surface area contributed by atoms with Gasteiger partial charge in [0.2, 0.25) is 0 Å². The van der Waals surface area contributed by atoms with E-state index in [1.54, 1.807) is 0 Å². The number of rotatable bonds is 1. The van der Waals surface area contributed by atoms with Gasteiger partial charge in [0.25, 0.3) is 0 Å². The molecule has 37 valence electrons. The van der Waals surface area contributed by atoms with Crippen molar-refractivity contribution in [3.8, 4) is 0 Å². The first-order valence-corrected chi connectivity index (χ1v) is 1.32. The van der Waals surface area contributed by atoms with E-state index in [0.29, 0.717) is 0 Å². The fraction of sp³-hybridized carbons (Fsp3) is 0. The molecule has 0 aliphatic heterocycles. The molecule has 0 atom stereocenters. The molecule has 0 heterocycles. The van der Waals surface area contributed by atoms with Crippen molar-refractivity contribution in [3.63, 3.8) is 0 Å². The fourth-order valence-electron chi connectivity index (χ4n) is 0. The second-order valence-electron chi connectivity index (χ2n) is 0.830. The SMILES string of the molecule is C=C(N)C(=O)O.[La]. The van der Waals surface area contributed by atoms with Crippen molar-refractivity contribution in [1.82, 2.24) is 0 Å². The van der Waals surface area contributed by atoms with Crippen LogP contribution in [-0.2, 0) is 4.79 Å². The van der Waals surface area contributed by atoms with E-state index in [2.05, 4.69) is 12.3 Å². The van der Waals surface area contributed by atoms with Gasteiger partial charge >= 0.3 is 5.97 Å². The Balaban J connectivity index is 0. The Kier molecular flexibility index (Phi) is 6.39. The van der Waals surface area contributed by atoms with Crippen LogP contribution in [0.5, 0.6) is 0 Å². The molecule has 1 radical (unpaired) electrons. The summed E-state index contributed by atoms with van der Waals surface area (Å²) in [6, 6.07) is 0. The molecule has 0 unspecified atom stereocenters. The van der Waals surface area contributed by atoms with Gasteiger partial charge in [0.05, 0.1) is 0 Å². The van der Waals surface area contributed by atoms with E-state index < -0.39 is 5.97 Å². The van der Waals surface area contributed by atoms with Crippen LogP contribution in [0.2, 0.25) is 0 Å². The molecule has 7 heavy (non-hydrogen) atoms. The van der Waals surface area contributed by atoms with Gasteiger partial charge in [-0.15, -0.1) is 0 Å². The second-order valence-corrected chi connectivity index (χ2v) is 0.830. The Labute approximate surface area is 69.2 Å². The summed E-state index contributed by atoms with van der Waals surface area (Å²) < 4.78 is 0. The summed E-state index contributed by atoms with van der Waals surface area (Å²) in [4.78, 5) is 9.47. The van der Waals surface area contributed by atoms with Crippen LogP contribution in [0, 0.1) is 35.6 Å². The summed E-state index contributed by atoms with van der Waals surface area (Å²) in [5.74, 6) is -1.16. The third kappa shape index (κ3) is 6.20. The van der Waals surface area contributed by atoms with E-state index >= 15 is 0 Å². The van der Waals surface area contributed by atoms with Crippen LogP contribution < -0.4 is 5.73 Å². The molecule has 0 aromatic rings. The van der Waals surface area contributed by atoms with Crippen molar-refractivity contribution in [2.75, 3.05) is 0 Å². The van der Waals surface area contributed by atoms with Gasteiger partial charge in [0.15, 0.2) is 0 Å². The Morgan fingerprint density at radius 2 is 1.86 bits per heavy atom. The van der Waals surface area contributed by atoms with Crippen LogP contribution in [0.15, 0.2) is 12.3 Å². The third-order valence-corrected chi connectivity index (χ3v) is 0.275. The molecule has 0 rings (SSSR count). The van der Waals surface area contributed by atoms with Crippen molar-refractivity contribution in [2.45, 2.75) is 0 Å². The molecule has 4 heteroatoms. The van der Waals surface area contributed by atoms with E-state index in [0.717, 1.165) is 0 Å². The maximum atomic E-state index is 9.47. The predicted molar refractivity (Wildman–Crippen MR) is 21.0 cm³/mol. The average molecular weight is 226 g/mol. The normalized spacial score (nSPS) is 6.29. The average Bonchev–Trinajstić information content (AvgIpc) is 1.36. The fourth-order valence-corrected chi connectivity index (χ4v) is 0. The third-order valence-electron chi connectivity index (χ3n) is 0.275. The van der Waals surface area contributed by atoms with Crippen molar-refractivity contribution in [3.05, 3.63) is 12.3 Å². The molecule has 0 bridgehead atoms. The van der Waals surface area contributed by atoms with E-state index in [4.69, 9.17) is 5.11 Å². The van der Waals surface area contributed by atoms with Crippen LogP contribution >= 0.6 is 0 Å². The van der Waals surface area contributed by atoms with Crippen molar-refractivity contribution >= 4 is 5.97 Å². The summed E-state index contributed by atoms with van der Waals surface area (Å²) in [5.41, 5.74) is 4.32.